The van der Waals surface area contributed by atoms with Crippen molar-refractivity contribution in [3.05, 3.63) is 57.8 Å². The molecule has 2 aromatic rings. The van der Waals surface area contributed by atoms with E-state index in [1.165, 1.54) is 0 Å². The maximum Gasteiger partial charge on any atom is 0.191 e. The van der Waals surface area contributed by atoms with Crippen molar-refractivity contribution in [2.45, 2.75) is 32.6 Å². The van der Waals surface area contributed by atoms with Gasteiger partial charge >= 0.3 is 0 Å². The summed E-state index contributed by atoms with van der Waals surface area (Å²) >= 11 is 1.55. The summed E-state index contributed by atoms with van der Waals surface area (Å²) < 4.78 is 5.24. The Morgan fingerprint density at radius 3 is 2.54 bits per heavy atom. The molecule has 0 amide bonds. The second kappa shape index (κ2) is 11.5. The highest BCUT2D eigenvalue weighted by Crippen LogP contribution is 2.24. The van der Waals surface area contributed by atoms with Crippen molar-refractivity contribution in [1.29, 1.82) is 0 Å². The molecule has 1 atom stereocenters. The van der Waals surface area contributed by atoms with Gasteiger partial charge in [0.25, 0.3) is 0 Å². The Morgan fingerprint density at radius 1 is 1.19 bits per heavy atom. The molecule has 1 heterocycles. The minimum absolute atomic E-state index is 0. The van der Waals surface area contributed by atoms with Crippen LogP contribution in [0.4, 0.5) is 0 Å². The molecule has 7 heteroatoms. The lowest BCUT2D eigenvalue weighted by atomic mass is 10.1. The van der Waals surface area contributed by atoms with Gasteiger partial charge in [-0.25, -0.2) is 4.99 Å². The fourth-order valence-corrected chi connectivity index (χ4v) is 3.23. The Balaban J connectivity index is 0.00000338. The first-order valence-corrected chi connectivity index (χ1v) is 9.29. The van der Waals surface area contributed by atoms with Crippen LogP contribution in [-0.4, -0.2) is 31.3 Å². The fourth-order valence-electron chi connectivity index (χ4n) is 2.44. The number of ether oxygens (including phenoxy) is 1. The van der Waals surface area contributed by atoms with Crippen LogP contribution in [0.5, 0.6) is 0 Å². The lowest BCUT2D eigenvalue weighted by Gasteiger charge is -2.23. The number of benzene rings is 1. The molecule has 144 valence electrons. The summed E-state index contributed by atoms with van der Waals surface area (Å²) in [5.74, 6) is 0.687. The van der Waals surface area contributed by atoms with Gasteiger partial charge < -0.3 is 20.5 Å². The molecule has 0 saturated heterocycles. The van der Waals surface area contributed by atoms with E-state index in [4.69, 9.17) is 4.74 Å². The molecule has 1 aromatic carbocycles. The maximum absolute atomic E-state index is 10.6. The summed E-state index contributed by atoms with van der Waals surface area (Å²) in [6.07, 6.45) is 0. The summed E-state index contributed by atoms with van der Waals surface area (Å²) in [7, 11) is 1.69. The fraction of sp³-hybridized carbons (Fsp3) is 0.421. The minimum Gasteiger partial charge on any atom is -0.383 e. The molecular weight excluding hydrogens is 461 g/mol. The number of aliphatic imine (C=N–C) groups is 1. The van der Waals surface area contributed by atoms with Crippen molar-refractivity contribution in [2.24, 2.45) is 4.99 Å². The average molecular weight is 489 g/mol. The normalized spacial score (nSPS) is 13.6. The Hall–Kier alpha value is -1.16. The molecule has 2 rings (SSSR count). The largest absolute Gasteiger partial charge is 0.383 e. The molecule has 5 nitrogen and oxygen atoms in total. The lowest BCUT2D eigenvalue weighted by molar-refractivity contribution is 0.0655. The molecule has 0 aliphatic carbocycles. The molecular formula is C19H28IN3O2S. The third kappa shape index (κ3) is 6.86. The smallest absolute Gasteiger partial charge is 0.191 e. The standard InChI is InChI=1S/C19H27N3O2S.HI/c1-4-20-18(22-14-19(2,23)17-10-7-11-25-17)21-12-15-8-5-6-9-16(15)13-24-3;/h5-11,23H,4,12-14H2,1-3H3,(H2,20,21,22);1H. The van der Waals surface area contributed by atoms with Gasteiger partial charge in [-0.1, -0.05) is 30.3 Å². The highest BCUT2D eigenvalue weighted by molar-refractivity contribution is 14.0. The number of methoxy groups -OCH3 is 1. The first-order valence-electron chi connectivity index (χ1n) is 8.41. The summed E-state index contributed by atoms with van der Waals surface area (Å²) in [6.45, 7) is 6.10. The predicted octanol–water partition coefficient (Wildman–Crippen LogP) is 3.48. The van der Waals surface area contributed by atoms with E-state index in [-0.39, 0.29) is 24.0 Å². The lowest BCUT2D eigenvalue weighted by Crippen LogP contribution is -2.44. The van der Waals surface area contributed by atoms with Crippen LogP contribution in [0.1, 0.15) is 29.9 Å². The zero-order valence-electron chi connectivity index (χ0n) is 15.5. The molecule has 3 N–H and O–H groups in total. The Bertz CT molecular complexity index is 675. The number of nitrogens with one attached hydrogen (secondary N) is 2. The second-order valence-electron chi connectivity index (χ2n) is 6.00. The number of hydrogen-bond acceptors (Lipinski definition) is 4. The molecule has 0 saturated carbocycles. The Labute approximate surface area is 176 Å². The molecule has 0 spiro atoms. The van der Waals surface area contributed by atoms with Gasteiger partial charge in [-0.05, 0) is 36.4 Å². The summed E-state index contributed by atoms with van der Waals surface area (Å²) in [6, 6.07) is 12.0. The number of thiophene rings is 1. The topological polar surface area (TPSA) is 65.9 Å². The van der Waals surface area contributed by atoms with Gasteiger partial charge in [0.05, 0.1) is 19.7 Å². The highest BCUT2D eigenvalue weighted by Gasteiger charge is 2.24. The average Bonchev–Trinajstić information content (AvgIpc) is 3.14. The molecule has 0 fully saturated rings. The molecule has 0 radical (unpaired) electrons. The Kier molecular flexibility index (Phi) is 10.1. The number of rotatable bonds is 8. The maximum atomic E-state index is 10.6. The van der Waals surface area contributed by atoms with Crippen LogP contribution in [0.25, 0.3) is 0 Å². The van der Waals surface area contributed by atoms with Crippen LogP contribution in [0, 0.1) is 0 Å². The van der Waals surface area contributed by atoms with E-state index in [0.29, 0.717) is 25.7 Å². The van der Waals surface area contributed by atoms with Gasteiger partial charge in [-0.2, -0.15) is 0 Å². The van der Waals surface area contributed by atoms with E-state index in [0.717, 1.165) is 22.5 Å². The highest BCUT2D eigenvalue weighted by atomic mass is 127. The molecule has 0 bridgehead atoms. The monoisotopic (exact) mass is 489 g/mol. The van der Waals surface area contributed by atoms with Crippen molar-refractivity contribution in [2.75, 3.05) is 20.2 Å². The Morgan fingerprint density at radius 2 is 1.92 bits per heavy atom. The van der Waals surface area contributed by atoms with E-state index in [9.17, 15) is 5.11 Å². The first kappa shape index (κ1) is 22.9. The summed E-state index contributed by atoms with van der Waals surface area (Å²) in [4.78, 5) is 5.57. The van der Waals surface area contributed by atoms with Crippen molar-refractivity contribution < 1.29 is 9.84 Å². The van der Waals surface area contributed by atoms with Gasteiger partial charge in [0, 0.05) is 18.5 Å². The first-order chi connectivity index (χ1) is 12.1. The zero-order valence-corrected chi connectivity index (χ0v) is 18.6. The summed E-state index contributed by atoms with van der Waals surface area (Å²) in [5, 5.41) is 19.1. The number of nitrogens with zero attached hydrogens (tertiary/aromatic N) is 1. The van der Waals surface area contributed by atoms with E-state index < -0.39 is 5.60 Å². The van der Waals surface area contributed by atoms with Crippen LogP contribution in [-0.2, 0) is 23.5 Å². The predicted molar refractivity (Wildman–Crippen MR) is 119 cm³/mol. The molecule has 26 heavy (non-hydrogen) atoms. The van der Waals surface area contributed by atoms with Gasteiger partial charge in [-0.3, -0.25) is 0 Å². The van der Waals surface area contributed by atoms with Crippen molar-refractivity contribution in [1.82, 2.24) is 10.6 Å². The van der Waals surface area contributed by atoms with Crippen LogP contribution in [0.2, 0.25) is 0 Å². The third-order valence-electron chi connectivity index (χ3n) is 3.82. The van der Waals surface area contributed by atoms with E-state index in [1.807, 2.05) is 43.5 Å². The molecule has 1 unspecified atom stereocenters. The number of hydrogen-bond donors (Lipinski definition) is 3. The summed E-state index contributed by atoms with van der Waals surface area (Å²) in [5.41, 5.74) is 1.33. The van der Waals surface area contributed by atoms with Crippen LogP contribution in [0.3, 0.4) is 0 Å². The van der Waals surface area contributed by atoms with Crippen molar-refractivity contribution in [3.8, 4) is 0 Å². The number of aliphatic hydroxyl groups is 1. The molecule has 0 aliphatic heterocycles. The van der Waals surface area contributed by atoms with Gasteiger partial charge in [-0.15, -0.1) is 35.3 Å². The van der Waals surface area contributed by atoms with Gasteiger partial charge in [0.1, 0.15) is 5.60 Å². The van der Waals surface area contributed by atoms with Crippen molar-refractivity contribution in [3.63, 3.8) is 0 Å². The van der Waals surface area contributed by atoms with E-state index >= 15 is 0 Å². The molecule has 1 aromatic heterocycles. The number of guanidine groups is 1. The van der Waals surface area contributed by atoms with E-state index in [1.54, 1.807) is 18.4 Å². The zero-order chi connectivity index (χ0) is 18.1. The molecule has 0 aliphatic rings. The van der Waals surface area contributed by atoms with Gasteiger partial charge in [0.15, 0.2) is 5.96 Å². The quantitative estimate of drug-likeness (QED) is 0.302. The van der Waals surface area contributed by atoms with Crippen LogP contribution < -0.4 is 10.6 Å². The number of halogens is 1. The van der Waals surface area contributed by atoms with Crippen LogP contribution >= 0.6 is 35.3 Å². The minimum atomic E-state index is -0.932. The second-order valence-corrected chi connectivity index (χ2v) is 6.95. The third-order valence-corrected chi connectivity index (χ3v) is 4.95. The van der Waals surface area contributed by atoms with Crippen molar-refractivity contribution >= 4 is 41.3 Å². The van der Waals surface area contributed by atoms with E-state index in [2.05, 4.69) is 27.8 Å². The van der Waals surface area contributed by atoms with Gasteiger partial charge in [0.2, 0.25) is 0 Å². The SMILES string of the molecule is CCNC(=NCc1ccccc1COC)NCC(C)(O)c1cccs1.I. The van der Waals surface area contributed by atoms with Crippen LogP contribution in [0.15, 0.2) is 46.8 Å².